The lowest BCUT2D eigenvalue weighted by Gasteiger charge is -2.32. The predicted octanol–water partition coefficient (Wildman–Crippen LogP) is 3.43. The van der Waals surface area contributed by atoms with E-state index in [1.807, 2.05) is 30.3 Å². The summed E-state index contributed by atoms with van der Waals surface area (Å²) in [5.74, 6) is 0.734. The highest BCUT2D eigenvalue weighted by Crippen LogP contribution is 2.17. The van der Waals surface area contributed by atoms with E-state index in [0.29, 0.717) is 18.2 Å². The number of hydrogen-bond donors (Lipinski definition) is 1. The molecule has 0 bridgehead atoms. The third-order valence-electron chi connectivity index (χ3n) is 4.90. The number of carbonyl (C=O) groups excluding carboxylic acids is 1. The Hall–Kier alpha value is -2.28. The lowest BCUT2D eigenvalue weighted by molar-refractivity contribution is 0.0337. The van der Waals surface area contributed by atoms with Crippen LogP contribution in [0.3, 0.4) is 0 Å². The van der Waals surface area contributed by atoms with Gasteiger partial charge in [0.25, 0.3) is 0 Å². The minimum absolute atomic E-state index is 0.0820. The van der Waals surface area contributed by atoms with E-state index < -0.39 is 0 Å². The van der Waals surface area contributed by atoms with Gasteiger partial charge in [0.1, 0.15) is 12.4 Å². The fraction of sp³-hybridized carbons (Fsp3) is 0.409. The van der Waals surface area contributed by atoms with Gasteiger partial charge in [-0.2, -0.15) is 0 Å². The van der Waals surface area contributed by atoms with Crippen LogP contribution in [0.5, 0.6) is 5.75 Å². The number of hydrogen-bond acceptors (Lipinski definition) is 4. The second-order valence-corrected chi connectivity index (χ2v) is 7.49. The molecular weight excluding hydrogens is 390 g/mol. The van der Waals surface area contributed by atoms with Crippen molar-refractivity contribution in [2.24, 2.45) is 0 Å². The van der Waals surface area contributed by atoms with Crippen LogP contribution in [0.1, 0.15) is 11.6 Å². The average molecular weight is 418 g/mol. The molecule has 0 radical (unpaired) electrons. The molecule has 29 heavy (non-hydrogen) atoms. The summed E-state index contributed by atoms with van der Waals surface area (Å²) in [7, 11) is 1.78. The SMILES string of the molecule is CN(CCOc1ccc(Cl)cc1)C(=O)NC(CN1CCOCC1)c1ccccc1. The maximum absolute atomic E-state index is 12.8. The molecule has 1 saturated heterocycles. The van der Waals surface area contributed by atoms with Crippen LogP contribution in [0.25, 0.3) is 0 Å². The summed E-state index contributed by atoms with van der Waals surface area (Å²) in [6, 6.07) is 17.1. The number of rotatable bonds is 8. The van der Waals surface area contributed by atoms with E-state index in [9.17, 15) is 4.79 Å². The summed E-state index contributed by atoms with van der Waals surface area (Å²) in [6.45, 7) is 4.87. The Bertz CT molecular complexity index is 752. The van der Waals surface area contributed by atoms with Crippen molar-refractivity contribution in [2.75, 3.05) is 53.0 Å². The number of halogens is 1. The van der Waals surface area contributed by atoms with Gasteiger partial charge in [0, 0.05) is 31.7 Å². The minimum atomic E-state index is -0.119. The molecular formula is C22H28ClN3O3. The zero-order valence-corrected chi connectivity index (χ0v) is 17.5. The van der Waals surface area contributed by atoms with Crippen LogP contribution in [0.2, 0.25) is 5.02 Å². The number of morpholine rings is 1. The topological polar surface area (TPSA) is 54.0 Å². The van der Waals surface area contributed by atoms with E-state index in [-0.39, 0.29) is 12.1 Å². The molecule has 1 aliphatic rings. The smallest absolute Gasteiger partial charge is 0.317 e. The van der Waals surface area contributed by atoms with Gasteiger partial charge in [0.05, 0.1) is 25.8 Å². The Labute approximate surface area is 177 Å². The largest absolute Gasteiger partial charge is 0.492 e. The van der Waals surface area contributed by atoms with Crippen LogP contribution in [-0.2, 0) is 4.74 Å². The summed E-state index contributed by atoms with van der Waals surface area (Å²) >= 11 is 5.88. The molecule has 1 unspecified atom stereocenters. The average Bonchev–Trinajstić information content (AvgIpc) is 2.76. The highest BCUT2D eigenvalue weighted by atomic mass is 35.5. The molecule has 0 spiro atoms. The highest BCUT2D eigenvalue weighted by molar-refractivity contribution is 6.30. The second-order valence-electron chi connectivity index (χ2n) is 7.05. The van der Waals surface area contributed by atoms with E-state index in [0.717, 1.165) is 44.2 Å². The fourth-order valence-electron chi connectivity index (χ4n) is 3.15. The molecule has 0 saturated carbocycles. The van der Waals surface area contributed by atoms with Crippen LogP contribution in [0, 0.1) is 0 Å². The molecule has 7 heteroatoms. The van der Waals surface area contributed by atoms with Crippen molar-refractivity contribution in [3.8, 4) is 5.75 Å². The summed E-state index contributed by atoms with van der Waals surface area (Å²) in [5.41, 5.74) is 1.10. The second kappa shape index (κ2) is 11.0. The van der Waals surface area contributed by atoms with Crippen LogP contribution in [-0.4, -0.2) is 68.9 Å². The van der Waals surface area contributed by atoms with Gasteiger partial charge in [-0.3, -0.25) is 4.90 Å². The number of urea groups is 1. The van der Waals surface area contributed by atoms with Gasteiger partial charge in [0.15, 0.2) is 0 Å². The number of amides is 2. The van der Waals surface area contributed by atoms with E-state index in [2.05, 4.69) is 22.3 Å². The quantitative estimate of drug-likeness (QED) is 0.715. The Morgan fingerprint density at radius 1 is 1.17 bits per heavy atom. The predicted molar refractivity (Wildman–Crippen MR) is 115 cm³/mol. The number of ether oxygens (including phenoxy) is 2. The zero-order valence-electron chi connectivity index (χ0n) is 16.7. The molecule has 3 rings (SSSR count). The van der Waals surface area contributed by atoms with Crippen LogP contribution in [0.4, 0.5) is 4.79 Å². The molecule has 2 amide bonds. The molecule has 156 valence electrons. The first kappa shape index (κ1) is 21.4. The maximum Gasteiger partial charge on any atom is 0.317 e. The van der Waals surface area contributed by atoms with E-state index in [4.69, 9.17) is 21.1 Å². The molecule has 1 aliphatic heterocycles. The summed E-state index contributed by atoms with van der Waals surface area (Å²) in [6.07, 6.45) is 0. The molecule has 1 atom stereocenters. The Morgan fingerprint density at radius 2 is 1.86 bits per heavy atom. The normalized spacial score (nSPS) is 15.5. The van der Waals surface area contributed by atoms with Crippen molar-refractivity contribution < 1.29 is 14.3 Å². The number of benzene rings is 2. The lowest BCUT2D eigenvalue weighted by Crippen LogP contribution is -2.46. The van der Waals surface area contributed by atoms with Crippen molar-refractivity contribution in [1.29, 1.82) is 0 Å². The zero-order chi connectivity index (χ0) is 20.5. The van der Waals surface area contributed by atoms with Crippen molar-refractivity contribution in [2.45, 2.75) is 6.04 Å². The van der Waals surface area contributed by atoms with Crippen molar-refractivity contribution in [1.82, 2.24) is 15.1 Å². The molecule has 1 fully saturated rings. The molecule has 0 aliphatic carbocycles. The third kappa shape index (κ3) is 6.92. The summed E-state index contributed by atoms with van der Waals surface area (Å²) in [4.78, 5) is 16.7. The number of nitrogens with zero attached hydrogens (tertiary/aromatic N) is 2. The van der Waals surface area contributed by atoms with Crippen LogP contribution < -0.4 is 10.1 Å². The first-order chi connectivity index (χ1) is 14.1. The van der Waals surface area contributed by atoms with Gasteiger partial charge >= 0.3 is 6.03 Å². The number of carbonyl (C=O) groups is 1. The highest BCUT2D eigenvalue weighted by Gasteiger charge is 2.21. The van der Waals surface area contributed by atoms with Gasteiger partial charge in [-0.05, 0) is 29.8 Å². The molecule has 2 aromatic rings. The standard InChI is InChI=1S/C22H28ClN3O3/c1-25(11-16-29-20-9-7-19(23)8-10-20)22(27)24-21(18-5-3-2-4-6-18)17-26-12-14-28-15-13-26/h2-10,21H,11-17H2,1H3,(H,24,27). The first-order valence-corrected chi connectivity index (χ1v) is 10.2. The molecule has 0 aromatic heterocycles. The summed E-state index contributed by atoms with van der Waals surface area (Å²) < 4.78 is 11.1. The fourth-order valence-corrected chi connectivity index (χ4v) is 3.28. The third-order valence-corrected chi connectivity index (χ3v) is 5.15. The maximum atomic E-state index is 12.8. The molecule has 1 N–H and O–H groups in total. The Kier molecular flexibility index (Phi) is 8.16. The van der Waals surface area contributed by atoms with E-state index >= 15 is 0 Å². The van der Waals surface area contributed by atoms with Crippen LogP contribution >= 0.6 is 11.6 Å². The van der Waals surface area contributed by atoms with Crippen LogP contribution in [0.15, 0.2) is 54.6 Å². The van der Waals surface area contributed by atoms with Gasteiger partial charge in [-0.1, -0.05) is 41.9 Å². The van der Waals surface area contributed by atoms with Crippen molar-refractivity contribution in [3.05, 3.63) is 65.2 Å². The Balaban J connectivity index is 1.52. The monoisotopic (exact) mass is 417 g/mol. The summed E-state index contributed by atoms with van der Waals surface area (Å²) in [5, 5.41) is 3.84. The van der Waals surface area contributed by atoms with E-state index in [1.54, 1.807) is 24.1 Å². The molecule has 6 nitrogen and oxygen atoms in total. The Morgan fingerprint density at radius 3 is 2.55 bits per heavy atom. The molecule has 1 heterocycles. The number of nitrogens with one attached hydrogen (secondary N) is 1. The minimum Gasteiger partial charge on any atom is -0.492 e. The van der Waals surface area contributed by atoms with Gasteiger partial charge < -0.3 is 19.7 Å². The number of likely N-dealkylation sites (N-methyl/N-ethyl adjacent to an activating group) is 1. The van der Waals surface area contributed by atoms with Gasteiger partial charge in [-0.15, -0.1) is 0 Å². The van der Waals surface area contributed by atoms with Gasteiger partial charge in [-0.25, -0.2) is 4.79 Å². The van der Waals surface area contributed by atoms with Crippen molar-refractivity contribution in [3.63, 3.8) is 0 Å². The van der Waals surface area contributed by atoms with Crippen molar-refractivity contribution >= 4 is 17.6 Å². The first-order valence-electron chi connectivity index (χ1n) is 9.87. The lowest BCUT2D eigenvalue weighted by atomic mass is 10.1. The van der Waals surface area contributed by atoms with Gasteiger partial charge in [0.2, 0.25) is 0 Å². The van der Waals surface area contributed by atoms with E-state index in [1.165, 1.54) is 0 Å². The molecule has 2 aromatic carbocycles.